The molecule has 0 saturated heterocycles. The molecular formula is C16H9Cl. The molecule has 1 aromatic rings. The average molecular weight is 237 g/mol. The summed E-state index contributed by atoms with van der Waals surface area (Å²) in [5.74, 6) is 14.0. The monoisotopic (exact) mass is 236 g/mol. The van der Waals surface area contributed by atoms with Crippen LogP contribution in [0.25, 0.3) is 0 Å². The lowest BCUT2D eigenvalue weighted by molar-refractivity contribution is 1.59. The predicted octanol–water partition coefficient (Wildman–Crippen LogP) is 3.33. The van der Waals surface area contributed by atoms with E-state index in [1.165, 1.54) is 5.54 Å². The predicted molar refractivity (Wildman–Crippen MR) is 73.2 cm³/mol. The molecule has 0 radical (unpaired) electrons. The molecule has 0 aliphatic rings. The number of terminal acetylenes is 1. The lowest BCUT2D eigenvalue weighted by Gasteiger charge is -1.93. The number of halogens is 1. The third kappa shape index (κ3) is 4.81. The molecule has 0 saturated carbocycles. The quantitative estimate of drug-likeness (QED) is 0.606. The zero-order valence-electron chi connectivity index (χ0n) is 9.07. The normalized spacial score (nSPS) is 9.18. The van der Waals surface area contributed by atoms with Gasteiger partial charge in [-0.3, -0.25) is 0 Å². The fourth-order valence-corrected chi connectivity index (χ4v) is 1.12. The maximum atomic E-state index is 5.39. The number of benzene rings is 1. The highest BCUT2D eigenvalue weighted by molar-refractivity contribution is 6.25. The van der Waals surface area contributed by atoms with Crippen LogP contribution in [0.1, 0.15) is 11.1 Å². The van der Waals surface area contributed by atoms with Gasteiger partial charge in [0.2, 0.25) is 0 Å². The fraction of sp³-hybridized carbons (Fsp3) is 0. The summed E-state index contributed by atoms with van der Waals surface area (Å²) < 4.78 is 0. The summed E-state index contributed by atoms with van der Waals surface area (Å²) in [6, 6.07) is 7.64. The van der Waals surface area contributed by atoms with Crippen LogP contribution in [0.2, 0.25) is 0 Å². The highest BCUT2D eigenvalue weighted by Crippen LogP contribution is 2.05. The minimum atomic E-state index is 0.865. The van der Waals surface area contributed by atoms with Gasteiger partial charge in [-0.05, 0) is 30.4 Å². The van der Waals surface area contributed by atoms with E-state index < -0.39 is 0 Å². The van der Waals surface area contributed by atoms with Crippen LogP contribution in [-0.4, -0.2) is 0 Å². The Balaban J connectivity index is 3.01. The Bertz CT molecular complexity index is 590. The first-order chi connectivity index (χ1) is 8.38. The smallest absolute Gasteiger partial charge is 0.0405 e. The van der Waals surface area contributed by atoms with Crippen LogP contribution >= 0.6 is 11.6 Å². The van der Waals surface area contributed by atoms with Gasteiger partial charge in [-0.2, -0.15) is 0 Å². The number of allylic oxidation sites excluding steroid dienone is 3. The van der Waals surface area contributed by atoms with E-state index in [0.717, 1.165) is 11.1 Å². The number of hydrogen-bond acceptors (Lipinski definition) is 0. The summed E-state index contributed by atoms with van der Waals surface area (Å²) in [5, 5.41) is 0. The van der Waals surface area contributed by atoms with Gasteiger partial charge < -0.3 is 0 Å². The molecule has 0 heterocycles. The van der Waals surface area contributed by atoms with Gasteiger partial charge in [-0.1, -0.05) is 53.3 Å². The van der Waals surface area contributed by atoms with Crippen LogP contribution in [0.3, 0.4) is 0 Å². The molecule has 0 aliphatic carbocycles. The zero-order chi connectivity index (χ0) is 12.3. The van der Waals surface area contributed by atoms with Gasteiger partial charge in [0.15, 0.2) is 0 Å². The van der Waals surface area contributed by atoms with E-state index in [1.807, 2.05) is 24.3 Å². The molecule has 0 N–H and O–H groups in total. The Morgan fingerprint density at radius 2 is 1.53 bits per heavy atom. The van der Waals surface area contributed by atoms with Gasteiger partial charge in [0, 0.05) is 16.7 Å². The van der Waals surface area contributed by atoms with Crippen LogP contribution < -0.4 is 0 Å². The largest absolute Gasteiger partial charge is 0.115 e. The minimum Gasteiger partial charge on any atom is -0.115 e. The first kappa shape index (κ1) is 12.7. The Morgan fingerprint density at radius 1 is 0.941 bits per heavy atom. The standard InChI is InChI=1S/C16H9Cl/c1-2-3-4-5-10-15-11-6-7-12-16(15)13-8-9-14-17/h1,3-4,6-7,9,11-12,14H/b4-3-,14-9-. The second kappa shape index (κ2) is 7.90. The van der Waals surface area contributed by atoms with Crippen molar-refractivity contribution in [3.05, 3.63) is 59.2 Å². The van der Waals surface area contributed by atoms with Crippen molar-refractivity contribution in [2.75, 3.05) is 0 Å². The van der Waals surface area contributed by atoms with E-state index in [1.54, 1.807) is 18.2 Å². The van der Waals surface area contributed by atoms with Gasteiger partial charge in [-0.15, -0.1) is 6.42 Å². The Morgan fingerprint density at radius 3 is 2.06 bits per heavy atom. The molecule has 0 atom stereocenters. The average Bonchev–Trinajstić information content (AvgIpc) is 2.36. The molecule has 1 aromatic carbocycles. The highest BCUT2D eigenvalue weighted by atomic mass is 35.5. The lowest BCUT2D eigenvalue weighted by Crippen LogP contribution is -1.81. The van der Waals surface area contributed by atoms with E-state index in [-0.39, 0.29) is 0 Å². The molecule has 0 amide bonds. The Kier molecular flexibility index (Phi) is 5.92. The van der Waals surface area contributed by atoms with Crippen molar-refractivity contribution in [2.45, 2.75) is 0 Å². The summed E-state index contributed by atoms with van der Waals surface area (Å²) in [6.45, 7) is 0. The maximum absolute atomic E-state index is 5.39. The Labute approximate surface area is 107 Å². The molecule has 0 unspecified atom stereocenters. The highest BCUT2D eigenvalue weighted by Gasteiger charge is 1.92. The van der Waals surface area contributed by atoms with Crippen molar-refractivity contribution in [3.8, 4) is 36.0 Å². The van der Waals surface area contributed by atoms with Gasteiger partial charge >= 0.3 is 0 Å². The minimum absolute atomic E-state index is 0.865. The van der Waals surface area contributed by atoms with E-state index in [9.17, 15) is 0 Å². The van der Waals surface area contributed by atoms with E-state index in [4.69, 9.17) is 18.0 Å². The zero-order valence-corrected chi connectivity index (χ0v) is 9.83. The third-order valence-electron chi connectivity index (χ3n) is 1.75. The van der Waals surface area contributed by atoms with Crippen molar-refractivity contribution in [1.29, 1.82) is 0 Å². The van der Waals surface area contributed by atoms with Crippen LogP contribution in [0.5, 0.6) is 0 Å². The van der Waals surface area contributed by atoms with Crippen LogP contribution in [0.4, 0.5) is 0 Å². The molecule has 0 aliphatic heterocycles. The van der Waals surface area contributed by atoms with E-state index >= 15 is 0 Å². The van der Waals surface area contributed by atoms with E-state index in [0.29, 0.717) is 0 Å². The molecular weight excluding hydrogens is 228 g/mol. The van der Waals surface area contributed by atoms with Gasteiger partial charge in [0.1, 0.15) is 0 Å². The molecule has 0 fully saturated rings. The second-order valence-corrected chi connectivity index (χ2v) is 3.13. The van der Waals surface area contributed by atoms with Crippen molar-refractivity contribution in [2.24, 2.45) is 0 Å². The van der Waals surface area contributed by atoms with Crippen molar-refractivity contribution in [1.82, 2.24) is 0 Å². The van der Waals surface area contributed by atoms with E-state index in [2.05, 4.69) is 29.6 Å². The molecule has 0 nitrogen and oxygen atoms in total. The summed E-state index contributed by atoms with van der Waals surface area (Å²) in [4.78, 5) is 0. The second-order valence-electron chi connectivity index (χ2n) is 2.88. The number of rotatable bonds is 0. The van der Waals surface area contributed by atoms with Crippen LogP contribution in [-0.2, 0) is 0 Å². The summed E-state index contributed by atoms with van der Waals surface area (Å²) in [7, 11) is 0. The van der Waals surface area contributed by atoms with Gasteiger partial charge in [0.05, 0.1) is 0 Å². The number of hydrogen-bond donors (Lipinski definition) is 0. The maximum Gasteiger partial charge on any atom is 0.0405 e. The van der Waals surface area contributed by atoms with Crippen LogP contribution in [0.15, 0.2) is 48.0 Å². The fourth-order valence-electron chi connectivity index (χ4n) is 1.06. The molecule has 0 bridgehead atoms. The SMILES string of the molecule is C#C/C=C\C#Cc1ccccc1C#C/C=C\Cl. The Hall–Kier alpha value is -2.33. The first-order valence-electron chi connectivity index (χ1n) is 4.87. The molecule has 0 spiro atoms. The molecule has 17 heavy (non-hydrogen) atoms. The topological polar surface area (TPSA) is 0 Å². The third-order valence-corrected chi connectivity index (χ3v) is 1.88. The van der Waals surface area contributed by atoms with Crippen molar-refractivity contribution < 1.29 is 0 Å². The summed E-state index contributed by atoms with van der Waals surface area (Å²) >= 11 is 5.39. The lowest BCUT2D eigenvalue weighted by atomic mass is 10.1. The molecule has 1 heteroatoms. The van der Waals surface area contributed by atoms with Crippen molar-refractivity contribution >= 4 is 11.6 Å². The van der Waals surface area contributed by atoms with Crippen LogP contribution in [0, 0.1) is 36.0 Å². The molecule has 80 valence electrons. The van der Waals surface area contributed by atoms with Crippen molar-refractivity contribution in [3.63, 3.8) is 0 Å². The first-order valence-corrected chi connectivity index (χ1v) is 5.30. The van der Waals surface area contributed by atoms with Gasteiger partial charge in [0.25, 0.3) is 0 Å². The summed E-state index contributed by atoms with van der Waals surface area (Å²) in [5.41, 5.74) is 3.10. The molecule has 0 aromatic heterocycles. The summed E-state index contributed by atoms with van der Waals surface area (Å²) in [6.07, 6.45) is 9.83. The van der Waals surface area contributed by atoms with Gasteiger partial charge in [-0.25, -0.2) is 0 Å². The molecule has 1 rings (SSSR count).